The molecule has 3 aromatic carbocycles. The number of hydrogen-bond acceptors (Lipinski definition) is 5. The van der Waals surface area contributed by atoms with E-state index >= 15 is 0 Å². The first-order valence-corrected chi connectivity index (χ1v) is 15.8. The van der Waals surface area contributed by atoms with Crippen LogP contribution in [0.25, 0.3) is 11.1 Å². The first-order chi connectivity index (χ1) is 19.9. The second-order valence-electron chi connectivity index (χ2n) is 10.8. The molecular formula is C32H39N2O7P. The van der Waals surface area contributed by atoms with Gasteiger partial charge in [-0.25, -0.2) is 9.59 Å². The van der Waals surface area contributed by atoms with Crippen LogP contribution in [-0.4, -0.2) is 46.0 Å². The van der Waals surface area contributed by atoms with Crippen molar-refractivity contribution in [3.63, 3.8) is 0 Å². The highest BCUT2D eigenvalue weighted by Crippen LogP contribution is 2.48. The van der Waals surface area contributed by atoms with Crippen LogP contribution in [0.4, 0.5) is 10.5 Å². The lowest BCUT2D eigenvalue weighted by Gasteiger charge is -2.33. The lowest BCUT2D eigenvalue weighted by atomic mass is 9.96. The van der Waals surface area contributed by atoms with Crippen LogP contribution >= 0.6 is 7.37 Å². The lowest BCUT2D eigenvalue weighted by Crippen LogP contribution is -2.47. The number of nitrogens with one attached hydrogen (secondary N) is 1. The minimum absolute atomic E-state index is 0.00527. The fourth-order valence-corrected chi connectivity index (χ4v) is 6.19. The second kappa shape index (κ2) is 14.8. The van der Waals surface area contributed by atoms with Gasteiger partial charge in [0.15, 0.2) is 0 Å². The minimum atomic E-state index is -4.14. The summed E-state index contributed by atoms with van der Waals surface area (Å²) in [4.78, 5) is 50.6. The predicted octanol–water partition coefficient (Wildman–Crippen LogP) is 6.36. The molecule has 0 aliphatic heterocycles. The Hall–Kier alpha value is -3.94. The van der Waals surface area contributed by atoms with E-state index in [2.05, 4.69) is 5.32 Å². The molecule has 10 heteroatoms. The molecule has 0 saturated heterocycles. The topological polar surface area (TPSA) is 133 Å². The molecule has 0 aliphatic rings. The molecule has 3 rings (SSSR count). The fraction of sp³-hybridized carbons (Fsp3) is 0.344. The van der Waals surface area contributed by atoms with Crippen molar-refractivity contribution in [1.29, 1.82) is 0 Å². The number of alkyl carbamates (subject to hydrolysis) is 1. The molecule has 3 N–H and O–H groups in total. The van der Waals surface area contributed by atoms with E-state index in [4.69, 9.17) is 4.74 Å². The van der Waals surface area contributed by atoms with Crippen LogP contribution in [-0.2, 0) is 25.5 Å². The molecule has 2 amide bonds. The molecule has 0 fully saturated rings. The summed E-state index contributed by atoms with van der Waals surface area (Å²) >= 11 is 0. The zero-order valence-corrected chi connectivity index (χ0v) is 25.2. The van der Waals surface area contributed by atoms with Crippen molar-refractivity contribution < 1.29 is 33.7 Å². The number of nitrogens with zero attached hydrogens (tertiary/aromatic N) is 1. The smallest absolute Gasteiger partial charge is 0.408 e. The maximum atomic E-state index is 14.0. The van der Waals surface area contributed by atoms with Crippen LogP contribution in [0.3, 0.4) is 0 Å². The first kappa shape index (κ1) is 32.6. The highest BCUT2D eigenvalue weighted by molar-refractivity contribution is 7.58. The summed E-state index contributed by atoms with van der Waals surface area (Å²) in [5.74, 6) is -3.97. The van der Waals surface area contributed by atoms with E-state index in [-0.39, 0.29) is 18.9 Å². The molecule has 0 aliphatic carbocycles. The molecular weight excluding hydrogens is 555 g/mol. The average Bonchev–Trinajstić information content (AvgIpc) is 2.96. The van der Waals surface area contributed by atoms with E-state index in [9.17, 15) is 28.9 Å². The predicted molar refractivity (Wildman–Crippen MR) is 163 cm³/mol. The zero-order chi connectivity index (χ0) is 30.9. The third-order valence-electron chi connectivity index (χ3n) is 6.97. The summed E-state index contributed by atoms with van der Waals surface area (Å²) in [7, 11) is -4.14. The molecule has 0 saturated carbocycles. The number of amides is 2. The maximum absolute atomic E-state index is 14.0. The molecule has 42 heavy (non-hydrogen) atoms. The summed E-state index contributed by atoms with van der Waals surface area (Å²) < 4.78 is 18.7. The van der Waals surface area contributed by atoms with Crippen LogP contribution in [0.15, 0.2) is 84.9 Å². The Morgan fingerprint density at radius 1 is 0.857 bits per heavy atom. The Bertz CT molecular complexity index is 1380. The average molecular weight is 595 g/mol. The second-order valence-corrected chi connectivity index (χ2v) is 13.4. The Kier molecular flexibility index (Phi) is 11.5. The van der Waals surface area contributed by atoms with Crippen LogP contribution in [0, 0.1) is 11.8 Å². The Balaban J connectivity index is 1.80. The van der Waals surface area contributed by atoms with Crippen molar-refractivity contribution in [2.75, 3.05) is 11.1 Å². The van der Waals surface area contributed by atoms with Crippen LogP contribution in [0.5, 0.6) is 0 Å². The van der Waals surface area contributed by atoms with E-state index in [1.54, 1.807) is 48.5 Å². The molecule has 4 atom stereocenters. The van der Waals surface area contributed by atoms with Gasteiger partial charge < -0.3 is 20.1 Å². The van der Waals surface area contributed by atoms with Crippen molar-refractivity contribution in [2.45, 2.75) is 52.5 Å². The number of anilines is 1. The van der Waals surface area contributed by atoms with Crippen LogP contribution < -0.4 is 10.2 Å². The van der Waals surface area contributed by atoms with Gasteiger partial charge in [-0.3, -0.25) is 14.3 Å². The number of benzene rings is 3. The summed E-state index contributed by atoms with van der Waals surface area (Å²) in [5, 5.41) is 12.3. The molecule has 3 aromatic rings. The van der Waals surface area contributed by atoms with Crippen LogP contribution in [0.2, 0.25) is 0 Å². The van der Waals surface area contributed by atoms with Crippen LogP contribution in [0.1, 0.15) is 39.7 Å². The van der Waals surface area contributed by atoms with Gasteiger partial charge in [-0.15, -0.1) is 0 Å². The molecule has 0 spiro atoms. The van der Waals surface area contributed by atoms with Gasteiger partial charge in [0.2, 0.25) is 13.3 Å². The number of hydrogen-bond donors (Lipinski definition) is 3. The van der Waals surface area contributed by atoms with Gasteiger partial charge in [-0.1, -0.05) is 86.6 Å². The molecule has 0 aromatic heterocycles. The van der Waals surface area contributed by atoms with E-state index in [0.29, 0.717) is 5.69 Å². The Morgan fingerprint density at radius 2 is 1.40 bits per heavy atom. The Morgan fingerprint density at radius 3 is 1.95 bits per heavy atom. The van der Waals surface area contributed by atoms with E-state index in [0.717, 1.165) is 16.7 Å². The first-order valence-electron chi connectivity index (χ1n) is 13.9. The van der Waals surface area contributed by atoms with Gasteiger partial charge >= 0.3 is 12.1 Å². The number of carboxylic acids is 1. The third-order valence-corrected chi connectivity index (χ3v) is 9.27. The standard InChI is InChI=1S/C32H39N2O7P/c1-22(2)19-28(21-42(39,40)24(4)33-32(38)41-20-25-11-7-5-8-12-25)30(35)34(23(3)31(36)37)29-17-15-27(16-18-29)26-13-9-6-10-14-26/h5-18,22-24,28H,19-21H2,1-4H3,(H,33,38)(H,36,37)(H,39,40)/t23-,24?,28?/m0/s1. The van der Waals surface area contributed by atoms with Crippen molar-refractivity contribution in [3.8, 4) is 11.1 Å². The molecule has 0 heterocycles. The number of ether oxygens (including phenoxy) is 1. The van der Waals surface area contributed by atoms with Gasteiger partial charge in [0.1, 0.15) is 18.4 Å². The van der Waals surface area contributed by atoms with Crippen molar-refractivity contribution >= 4 is 31.0 Å². The quantitative estimate of drug-likeness (QED) is 0.196. The van der Waals surface area contributed by atoms with E-state index < -0.39 is 49.2 Å². The Labute approximate surface area is 247 Å². The van der Waals surface area contributed by atoms with E-state index in [1.807, 2.05) is 50.2 Å². The number of rotatable bonds is 13. The number of carbonyl (C=O) groups excluding carboxylic acids is 2. The molecule has 3 unspecified atom stereocenters. The lowest BCUT2D eigenvalue weighted by molar-refractivity contribution is -0.140. The molecule has 224 valence electrons. The molecule has 0 radical (unpaired) electrons. The maximum Gasteiger partial charge on any atom is 0.408 e. The number of aliphatic carboxylic acids is 1. The van der Waals surface area contributed by atoms with Crippen molar-refractivity contribution in [3.05, 3.63) is 90.5 Å². The van der Waals surface area contributed by atoms with Gasteiger partial charge in [-0.05, 0) is 55.0 Å². The number of carbonyl (C=O) groups is 3. The summed E-state index contributed by atoms with van der Waals surface area (Å²) in [6, 6.07) is 24.4. The third kappa shape index (κ3) is 9.03. The van der Waals surface area contributed by atoms with Gasteiger partial charge in [0.05, 0.1) is 0 Å². The summed E-state index contributed by atoms with van der Waals surface area (Å²) in [6.07, 6.45) is -1.04. The summed E-state index contributed by atoms with van der Waals surface area (Å²) in [5.41, 5.74) is 2.99. The van der Waals surface area contributed by atoms with Gasteiger partial charge in [-0.2, -0.15) is 0 Å². The van der Waals surface area contributed by atoms with E-state index in [1.165, 1.54) is 18.7 Å². The van der Waals surface area contributed by atoms with Gasteiger partial charge in [0, 0.05) is 17.8 Å². The fourth-order valence-electron chi connectivity index (χ4n) is 4.63. The molecule has 9 nitrogen and oxygen atoms in total. The highest BCUT2D eigenvalue weighted by Gasteiger charge is 2.39. The van der Waals surface area contributed by atoms with Crippen molar-refractivity contribution in [2.24, 2.45) is 11.8 Å². The highest BCUT2D eigenvalue weighted by atomic mass is 31.2. The largest absolute Gasteiger partial charge is 0.480 e. The minimum Gasteiger partial charge on any atom is -0.480 e. The van der Waals surface area contributed by atoms with Crippen molar-refractivity contribution in [1.82, 2.24) is 5.32 Å². The zero-order valence-electron chi connectivity index (χ0n) is 24.3. The number of carboxylic acid groups (broad SMARTS) is 1. The SMILES string of the molecule is CC(C)CC(CP(=O)(O)C(C)NC(=O)OCc1ccccc1)C(=O)N(c1ccc(-c2ccccc2)cc1)[C@@H](C)C(=O)O. The molecule has 0 bridgehead atoms. The normalized spacial score (nSPS) is 14.7. The van der Waals surface area contributed by atoms with Gasteiger partial charge in [0.25, 0.3) is 0 Å². The monoisotopic (exact) mass is 594 g/mol. The summed E-state index contributed by atoms with van der Waals surface area (Å²) in [6.45, 7) is 6.55.